The van der Waals surface area contributed by atoms with Gasteiger partial charge in [0.2, 0.25) is 17.5 Å². The Morgan fingerprint density at radius 3 is 2.68 bits per heavy atom. The monoisotopic (exact) mass is 257 g/mol. The summed E-state index contributed by atoms with van der Waals surface area (Å²) >= 11 is 0. The van der Waals surface area contributed by atoms with Gasteiger partial charge < -0.3 is 9.84 Å². The second-order valence-corrected chi connectivity index (χ2v) is 4.68. The van der Waals surface area contributed by atoms with Gasteiger partial charge in [0.05, 0.1) is 0 Å². The molecular weight excluding hydrogens is 242 g/mol. The first-order valence-corrected chi connectivity index (χ1v) is 6.48. The molecule has 0 saturated carbocycles. The Kier molecular flexibility index (Phi) is 3.37. The molecule has 0 unspecified atom stereocenters. The number of benzene rings is 1. The molecule has 19 heavy (non-hydrogen) atoms. The van der Waals surface area contributed by atoms with Crippen LogP contribution in [0.1, 0.15) is 40.8 Å². The highest BCUT2D eigenvalue weighted by atomic mass is 16.5. The van der Waals surface area contributed by atoms with Crippen molar-refractivity contribution < 1.29 is 9.32 Å². The zero-order valence-corrected chi connectivity index (χ0v) is 10.5. The van der Waals surface area contributed by atoms with Crippen molar-refractivity contribution in [3.05, 3.63) is 47.6 Å². The third-order valence-corrected chi connectivity index (χ3v) is 3.37. The fraction of sp³-hybridized carbons (Fsp3) is 0.357. The number of aromatic nitrogens is 2. The molecule has 0 bridgehead atoms. The van der Waals surface area contributed by atoms with Gasteiger partial charge in [-0.05, 0) is 25.9 Å². The van der Waals surface area contributed by atoms with Crippen LogP contribution in [0.4, 0.5) is 0 Å². The predicted molar refractivity (Wildman–Crippen MR) is 69.0 cm³/mol. The number of nitrogens with zero attached hydrogens (tertiary/aromatic N) is 2. The summed E-state index contributed by atoms with van der Waals surface area (Å²) in [5.41, 5.74) is 0.583. The third-order valence-electron chi connectivity index (χ3n) is 3.37. The van der Waals surface area contributed by atoms with Gasteiger partial charge in [-0.25, -0.2) is 0 Å². The number of hydrogen-bond acceptors (Lipinski definition) is 5. The van der Waals surface area contributed by atoms with Gasteiger partial charge in [0, 0.05) is 11.5 Å². The van der Waals surface area contributed by atoms with Crippen LogP contribution in [0.2, 0.25) is 0 Å². The predicted octanol–water partition coefficient (Wildman–Crippen LogP) is 1.77. The molecule has 1 aromatic heterocycles. The average molecular weight is 257 g/mol. The SMILES string of the molecule is O=C(c1ccccc1)c1noc(C2CCNCC2)n1. The van der Waals surface area contributed by atoms with Crippen molar-refractivity contribution in [3.63, 3.8) is 0 Å². The molecule has 1 aromatic carbocycles. The Morgan fingerprint density at radius 2 is 1.95 bits per heavy atom. The van der Waals surface area contributed by atoms with E-state index in [4.69, 9.17) is 4.52 Å². The molecule has 1 aliphatic rings. The molecule has 0 aliphatic carbocycles. The van der Waals surface area contributed by atoms with E-state index in [-0.39, 0.29) is 17.5 Å². The first kappa shape index (κ1) is 12.0. The lowest BCUT2D eigenvalue weighted by Crippen LogP contribution is -2.26. The van der Waals surface area contributed by atoms with Crippen molar-refractivity contribution >= 4 is 5.78 Å². The second kappa shape index (κ2) is 5.32. The van der Waals surface area contributed by atoms with Gasteiger partial charge in [-0.2, -0.15) is 4.98 Å². The van der Waals surface area contributed by atoms with Crippen LogP contribution in [0.3, 0.4) is 0 Å². The molecule has 2 aromatic rings. The summed E-state index contributed by atoms with van der Waals surface area (Å²) in [5.74, 6) is 0.816. The number of rotatable bonds is 3. The fourth-order valence-electron chi connectivity index (χ4n) is 2.28. The van der Waals surface area contributed by atoms with E-state index in [0.717, 1.165) is 25.9 Å². The van der Waals surface area contributed by atoms with Crippen molar-refractivity contribution in [1.82, 2.24) is 15.5 Å². The van der Waals surface area contributed by atoms with Crippen molar-refractivity contribution in [3.8, 4) is 0 Å². The first-order valence-electron chi connectivity index (χ1n) is 6.48. The Hall–Kier alpha value is -2.01. The summed E-state index contributed by atoms with van der Waals surface area (Å²) in [6.45, 7) is 1.91. The van der Waals surface area contributed by atoms with Gasteiger partial charge in [-0.15, -0.1) is 0 Å². The van der Waals surface area contributed by atoms with E-state index in [1.54, 1.807) is 12.1 Å². The lowest BCUT2D eigenvalue weighted by molar-refractivity contribution is 0.102. The van der Waals surface area contributed by atoms with Crippen molar-refractivity contribution in [2.24, 2.45) is 0 Å². The number of piperidine rings is 1. The second-order valence-electron chi connectivity index (χ2n) is 4.68. The summed E-state index contributed by atoms with van der Waals surface area (Å²) in [5, 5.41) is 7.09. The van der Waals surface area contributed by atoms with Gasteiger partial charge in [0.1, 0.15) is 0 Å². The largest absolute Gasteiger partial charge is 0.339 e. The maximum Gasteiger partial charge on any atom is 0.243 e. The van der Waals surface area contributed by atoms with Crippen LogP contribution in [0.25, 0.3) is 0 Å². The molecule has 5 nitrogen and oxygen atoms in total. The summed E-state index contributed by atoms with van der Waals surface area (Å²) in [6, 6.07) is 9.02. The zero-order valence-electron chi connectivity index (χ0n) is 10.5. The maximum absolute atomic E-state index is 12.1. The minimum absolute atomic E-state index is 0.153. The highest BCUT2D eigenvalue weighted by molar-refractivity contribution is 6.06. The molecule has 1 N–H and O–H groups in total. The molecule has 0 amide bonds. The maximum atomic E-state index is 12.1. The van der Waals surface area contributed by atoms with E-state index >= 15 is 0 Å². The molecule has 98 valence electrons. The van der Waals surface area contributed by atoms with Crippen LogP contribution in [-0.4, -0.2) is 29.0 Å². The smallest absolute Gasteiger partial charge is 0.243 e. The van der Waals surface area contributed by atoms with E-state index in [0.29, 0.717) is 11.5 Å². The topological polar surface area (TPSA) is 68.0 Å². The molecule has 5 heteroatoms. The van der Waals surface area contributed by atoms with E-state index in [2.05, 4.69) is 15.5 Å². The lowest BCUT2D eigenvalue weighted by Gasteiger charge is -2.18. The van der Waals surface area contributed by atoms with E-state index in [9.17, 15) is 4.79 Å². The number of ketones is 1. The van der Waals surface area contributed by atoms with Crippen molar-refractivity contribution in [2.45, 2.75) is 18.8 Å². The minimum atomic E-state index is -0.190. The first-order chi connectivity index (χ1) is 9.34. The Labute approximate surface area is 111 Å². The number of carbonyl (C=O) groups excluding carboxylic acids is 1. The summed E-state index contributed by atoms with van der Waals surface area (Å²) in [4.78, 5) is 16.4. The lowest BCUT2D eigenvalue weighted by atomic mass is 9.98. The fourth-order valence-corrected chi connectivity index (χ4v) is 2.28. The van der Waals surface area contributed by atoms with E-state index in [1.807, 2.05) is 18.2 Å². The third kappa shape index (κ3) is 2.56. The Morgan fingerprint density at radius 1 is 1.21 bits per heavy atom. The van der Waals surface area contributed by atoms with Crippen molar-refractivity contribution in [2.75, 3.05) is 13.1 Å². The van der Waals surface area contributed by atoms with Crippen LogP contribution in [0.15, 0.2) is 34.9 Å². The highest BCUT2D eigenvalue weighted by Gasteiger charge is 2.23. The van der Waals surface area contributed by atoms with Gasteiger partial charge >= 0.3 is 0 Å². The van der Waals surface area contributed by atoms with Crippen LogP contribution < -0.4 is 5.32 Å². The number of nitrogens with one attached hydrogen (secondary N) is 1. The Balaban J connectivity index is 1.79. The normalized spacial score (nSPS) is 16.4. The Bertz CT molecular complexity index is 559. The number of hydrogen-bond donors (Lipinski definition) is 1. The van der Waals surface area contributed by atoms with Gasteiger partial charge in [0.25, 0.3) is 0 Å². The molecule has 1 saturated heterocycles. The molecule has 0 spiro atoms. The average Bonchev–Trinajstić information content (AvgIpc) is 2.98. The van der Waals surface area contributed by atoms with Gasteiger partial charge in [-0.1, -0.05) is 35.5 Å². The van der Waals surface area contributed by atoms with Crippen LogP contribution in [-0.2, 0) is 0 Å². The molecule has 0 atom stereocenters. The highest BCUT2D eigenvalue weighted by Crippen LogP contribution is 2.23. The summed E-state index contributed by atoms with van der Waals surface area (Å²) in [6.07, 6.45) is 1.95. The van der Waals surface area contributed by atoms with E-state index < -0.39 is 0 Å². The molecule has 0 radical (unpaired) electrons. The van der Waals surface area contributed by atoms with Crippen molar-refractivity contribution in [1.29, 1.82) is 0 Å². The van der Waals surface area contributed by atoms with Crippen LogP contribution >= 0.6 is 0 Å². The zero-order chi connectivity index (χ0) is 13.1. The minimum Gasteiger partial charge on any atom is -0.339 e. The molecule has 1 aliphatic heterocycles. The number of carbonyl (C=O) groups is 1. The molecule has 3 rings (SSSR count). The quantitative estimate of drug-likeness (QED) is 0.849. The van der Waals surface area contributed by atoms with E-state index in [1.165, 1.54) is 0 Å². The standard InChI is InChI=1S/C14H15N3O2/c18-12(10-4-2-1-3-5-10)13-16-14(19-17-13)11-6-8-15-9-7-11/h1-5,11,15H,6-9H2. The van der Waals surface area contributed by atoms with Crippen LogP contribution in [0, 0.1) is 0 Å². The summed E-state index contributed by atoms with van der Waals surface area (Å²) < 4.78 is 5.24. The molecular formula is C14H15N3O2. The molecule has 1 fully saturated rings. The van der Waals surface area contributed by atoms with Gasteiger partial charge in [-0.3, -0.25) is 4.79 Å². The van der Waals surface area contributed by atoms with Crippen LogP contribution in [0.5, 0.6) is 0 Å². The summed E-state index contributed by atoms with van der Waals surface area (Å²) in [7, 11) is 0. The van der Waals surface area contributed by atoms with Gasteiger partial charge in [0.15, 0.2) is 0 Å². The molecule has 2 heterocycles.